The Hall–Kier alpha value is -4.28. The van der Waals surface area contributed by atoms with Crippen LogP contribution in [0.15, 0.2) is 54.7 Å². The van der Waals surface area contributed by atoms with E-state index in [1.165, 1.54) is 47.3 Å². The molecule has 0 aliphatic rings. The number of aromatic nitrogens is 2. The molecular weight excluding hydrogens is 396 g/mol. The molecule has 2 aromatic carbocycles. The molecule has 0 bridgehead atoms. The van der Waals surface area contributed by atoms with Gasteiger partial charge in [0, 0.05) is 24.3 Å². The second-order valence-corrected chi connectivity index (χ2v) is 5.99. The zero-order valence-corrected chi connectivity index (χ0v) is 15.8. The Balaban J connectivity index is 1.85. The maximum atomic E-state index is 12.2. The first-order valence-electron chi connectivity index (χ1n) is 8.76. The molecule has 3 rings (SSSR count). The van der Waals surface area contributed by atoms with Gasteiger partial charge in [0.05, 0.1) is 28.3 Å². The molecule has 0 N–H and O–H groups in total. The van der Waals surface area contributed by atoms with E-state index in [-0.39, 0.29) is 36.0 Å². The average molecular weight is 412 g/mol. The van der Waals surface area contributed by atoms with E-state index in [0.717, 1.165) is 0 Å². The van der Waals surface area contributed by atoms with E-state index in [1.54, 1.807) is 19.1 Å². The van der Waals surface area contributed by atoms with Gasteiger partial charge in [0.25, 0.3) is 11.4 Å². The van der Waals surface area contributed by atoms with Crippen molar-refractivity contribution in [2.75, 3.05) is 6.61 Å². The molecule has 11 heteroatoms. The predicted octanol–water partition coefficient (Wildman–Crippen LogP) is 3.44. The molecule has 1 aromatic heterocycles. The highest BCUT2D eigenvalue weighted by Gasteiger charge is 2.21. The van der Waals surface area contributed by atoms with Crippen molar-refractivity contribution in [3.8, 4) is 11.4 Å². The van der Waals surface area contributed by atoms with Gasteiger partial charge in [-0.3, -0.25) is 20.2 Å². The number of rotatable bonds is 8. The summed E-state index contributed by atoms with van der Waals surface area (Å²) in [6.07, 6.45) is 1.46. The van der Waals surface area contributed by atoms with Crippen molar-refractivity contribution in [1.29, 1.82) is 0 Å². The molecule has 0 atom stereocenters. The van der Waals surface area contributed by atoms with Crippen molar-refractivity contribution in [2.45, 2.75) is 13.5 Å². The van der Waals surface area contributed by atoms with Crippen LogP contribution in [0.1, 0.15) is 23.0 Å². The lowest BCUT2D eigenvalue weighted by molar-refractivity contribution is -0.385. The minimum atomic E-state index is -0.683. The van der Waals surface area contributed by atoms with Crippen LogP contribution in [0.3, 0.4) is 0 Å². The average Bonchev–Trinajstić information content (AvgIpc) is 3.17. The molecule has 0 unspecified atom stereocenters. The molecule has 0 aliphatic carbocycles. The van der Waals surface area contributed by atoms with Crippen molar-refractivity contribution < 1.29 is 24.1 Å². The number of carbonyl (C=O) groups excluding carboxylic acids is 1. The minimum absolute atomic E-state index is 0.0380. The van der Waals surface area contributed by atoms with Gasteiger partial charge in [0.2, 0.25) is 5.69 Å². The van der Waals surface area contributed by atoms with E-state index in [4.69, 9.17) is 9.47 Å². The van der Waals surface area contributed by atoms with Gasteiger partial charge in [-0.05, 0) is 36.8 Å². The van der Waals surface area contributed by atoms with Crippen LogP contribution in [-0.4, -0.2) is 32.2 Å². The van der Waals surface area contributed by atoms with Gasteiger partial charge >= 0.3 is 5.97 Å². The molecule has 0 amide bonds. The van der Waals surface area contributed by atoms with E-state index in [2.05, 4.69) is 5.10 Å². The molecule has 0 saturated carbocycles. The fourth-order valence-corrected chi connectivity index (χ4v) is 2.54. The van der Waals surface area contributed by atoms with E-state index < -0.39 is 15.8 Å². The topological polar surface area (TPSA) is 140 Å². The third-order valence-electron chi connectivity index (χ3n) is 4.02. The highest BCUT2D eigenvalue weighted by Crippen LogP contribution is 2.24. The van der Waals surface area contributed by atoms with E-state index >= 15 is 0 Å². The first-order valence-corrected chi connectivity index (χ1v) is 8.76. The third kappa shape index (κ3) is 4.58. The predicted molar refractivity (Wildman–Crippen MR) is 104 cm³/mol. The molecule has 0 fully saturated rings. The molecule has 3 aromatic rings. The summed E-state index contributed by atoms with van der Waals surface area (Å²) in [6, 6.07) is 11.4. The normalized spacial score (nSPS) is 10.4. The van der Waals surface area contributed by atoms with Crippen molar-refractivity contribution >= 4 is 17.3 Å². The smallest absolute Gasteiger partial charge is 0.362 e. The largest absolute Gasteiger partial charge is 0.485 e. The summed E-state index contributed by atoms with van der Waals surface area (Å²) < 4.78 is 12.0. The zero-order chi connectivity index (χ0) is 21.7. The molecule has 0 spiro atoms. The zero-order valence-electron chi connectivity index (χ0n) is 15.8. The van der Waals surface area contributed by atoms with Crippen molar-refractivity contribution in [3.05, 3.63) is 86.2 Å². The van der Waals surface area contributed by atoms with Gasteiger partial charge < -0.3 is 9.47 Å². The first-order chi connectivity index (χ1) is 14.4. The summed E-state index contributed by atoms with van der Waals surface area (Å²) in [6.45, 7) is 1.84. The molecule has 0 aliphatic heterocycles. The minimum Gasteiger partial charge on any atom is -0.485 e. The Labute approximate surface area is 169 Å². The number of nitrogens with zero attached hydrogens (tertiary/aromatic N) is 4. The van der Waals surface area contributed by atoms with Crippen LogP contribution in [0.2, 0.25) is 0 Å². The summed E-state index contributed by atoms with van der Waals surface area (Å²) >= 11 is 0. The molecular formula is C19H16N4O7. The number of benzene rings is 2. The number of non-ortho nitro benzene ring substituents is 2. The monoisotopic (exact) mass is 412 g/mol. The van der Waals surface area contributed by atoms with Gasteiger partial charge in [-0.25, -0.2) is 9.48 Å². The first kappa shape index (κ1) is 20.5. The SMILES string of the molecule is CCOC(=O)c1nn(-c2ccc([N+](=O)[O-])cc2)cc1OCc1ccc([N+](=O)[O-])cc1. The maximum Gasteiger partial charge on any atom is 0.362 e. The second kappa shape index (κ2) is 8.82. The Morgan fingerprint density at radius 3 is 2.10 bits per heavy atom. The number of hydrogen-bond donors (Lipinski definition) is 0. The highest BCUT2D eigenvalue weighted by molar-refractivity contribution is 5.90. The lowest BCUT2D eigenvalue weighted by Crippen LogP contribution is -2.08. The second-order valence-electron chi connectivity index (χ2n) is 5.99. The quantitative estimate of drug-likeness (QED) is 0.311. The number of hydrogen-bond acceptors (Lipinski definition) is 8. The van der Waals surface area contributed by atoms with Crippen LogP contribution < -0.4 is 4.74 Å². The van der Waals surface area contributed by atoms with Crippen molar-refractivity contribution in [2.24, 2.45) is 0 Å². The number of esters is 1. The lowest BCUT2D eigenvalue weighted by atomic mass is 10.2. The van der Waals surface area contributed by atoms with Crippen molar-refractivity contribution in [3.63, 3.8) is 0 Å². The standard InChI is InChI=1S/C19H16N4O7/c1-2-29-19(24)18-17(30-12-13-3-5-15(6-4-13)22(25)26)11-21(20-18)14-7-9-16(10-8-14)23(27)28/h3-11H,2,12H2,1H3. The molecule has 1 heterocycles. The molecule has 30 heavy (non-hydrogen) atoms. The van der Waals surface area contributed by atoms with Gasteiger partial charge in [0.1, 0.15) is 6.61 Å². The van der Waals surface area contributed by atoms with Crippen LogP contribution in [0.25, 0.3) is 5.69 Å². The molecule has 0 saturated heterocycles. The van der Waals surface area contributed by atoms with Crippen LogP contribution in [0.5, 0.6) is 5.75 Å². The van der Waals surface area contributed by atoms with Gasteiger partial charge in [-0.1, -0.05) is 0 Å². The van der Waals surface area contributed by atoms with Crippen LogP contribution in [0.4, 0.5) is 11.4 Å². The van der Waals surface area contributed by atoms with E-state index in [1.807, 2.05) is 0 Å². The highest BCUT2D eigenvalue weighted by atomic mass is 16.6. The summed E-state index contributed by atoms with van der Waals surface area (Å²) in [4.78, 5) is 32.8. The summed E-state index contributed by atoms with van der Waals surface area (Å²) in [5.74, 6) is -0.540. The Bertz CT molecular complexity index is 1080. The number of nitro groups is 2. The molecule has 154 valence electrons. The van der Waals surface area contributed by atoms with Crippen LogP contribution in [-0.2, 0) is 11.3 Å². The number of carbonyl (C=O) groups is 1. The Morgan fingerprint density at radius 2 is 1.57 bits per heavy atom. The van der Waals surface area contributed by atoms with Gasteiger partial charge in [0.15, 0.2) is 5.75 Å². The van der Waals surface area contributed by atoms with Crippen LogP contribution >= 0.6 is 0 Å². The van der Waals surface area contributed by atoms with Gasteiger partial charge in [-0.15, -0.1) is 0 Å². The summed E-state index contributed by atoms with van der Waals surface area (Å²) in [5.41, 5.74) is 0.954. The summed E-state index contributed by atoms with van der Waals surface area (Å²) in [5, 5.41) is 25.7. The Kier molecular flexibility index (Phi) is 6.01. The van der Waals surface area contributed by atoms with Crippen molar-refractivity contribution in [1.82, 2.24) is 9.78 Å². The third-order valence-corrected chi connectivity index (χ3v) is 4.02. The molecule has 11 nitrogen and oxygen atoms in total. The maximum absolute atomic E-state index is 12.2. The van der Waals surface area contributed by atoms with E-state index in [9.17, 15) is 25.0 Å². The van der Waals surface area contributed by atoms with Gasteiger partial charge in [-0.2, -0.15) is 5.10 Å². The molecule has 0 radical (unpaired) electrons. The number of ether oxygens (including phenoxy) is 2. The summed E-state index contributed by atoms with van der Waals surface area (Å²) in [7, 11) is 0. The fraction of sp³-hybridized carbons (Fsp3) is 0.158. The fourth-order valence-electron chi connectivity index (χ4n) is 2.54. The van der Waals surface area contributed by atoms with E-state index in [0.29, 0.717) is 11.3 Å². The lowest BCUT2D eigenvalue weighted by Gasteiger charge is -2.05. The van der Waals surface area contributed by atoms with Crippen LogP contribution in [0, 0.1) is 20.2 Å². The Morgan fingerprint density at radius 1 is 1.00 bits per heavy atom. The number of nitro benzene ring substituents is 2.